The Balaban J connectivity index is 1.45. The molecule has 2 amide bonds. The maximum Gasteiger partial charge on any atom is 0.319 e. The molecule has 1 atom stereocenters. The van der Waals surface area contributed by atoms with Gasteiger partial charge in [-0.05, 0) is 92.7 Å². The van der Waals surface area contributed by atoms with Gasteiger partial charge < -0.3 is 10.6 Å². The molecule has 3 nitrogen and oxygen atoms in total. The summed E-state index contributed by atoms with van der Waals surface area (Å²) in [5.41, 5.74) is 1.39. The molecule has 0 aromatic heterocycles. The van der Waals surface area contributed by atoms with Gasteiger partial charge in [-0.1, -0.05) is 13.0 Å². The molecule has 25 heavy (non-hydrogen) atoms. The van der Waals surface area contributed by atoms with Crippen LogP contribution >= 0.6 is 0 Å². The fourth-order valence-electron chi connectivity index (χ4n) is 6.29. The summed E-state index contributed by atoms with van der Waals surface area (Å²) in [6, 6.07) is 4.85. The highest BCUT2D eigenvalue weighted by atomic mass is 19.1. The van der Waals surface area contributed by atoms with Crippen molar-refractivity contribution in [1.29, 1.82) is 0 Å². The van der Waals surface area contributed by atoms with Crippen LogP contribution in [0.3, 0.4) is 0 Å². The van der Waals surface area contributed by atoms with E-state index < -0.39 is 0 Å². The fraction of sp³-hybridized carbons (Fsp3) is 0.667. The molecule has 2 N–H and O–H groups in total. The lowest BCUT2D eigenvalue weighted by molar-refractivity contribution is -0.0719. The van der Waals surface area contributed by atoms with E-state index in [-0.39, 0.29) is 17.9 Å². The largest absolute Gasteiger partial charge is 0.335 e. The second-order valence-electron chi connectivity index (χ2n) is 8.80. The van der Waals surface area contributed by atoms with Gasteiger partial charge in [0.25, 0.3) is 0 Å². The molecular weight excluding hydrogens is 315 g/mol. The van der Waals surface area contributed by atoms with Crippen LogP contribution in [-0.2, 0) is 0 Å². The molecule has 4 aliphatic carbocycles. The first kappa shape index (κ1) is 16.9. The minimum Gasteiger partial charge on any atom is -0.335 e. The quantitative estimate of drug-likeness (QED) is 0.769. The normalized spacial score (nSPS) is 34.0. The van der Waals surface area contributed by atoms with Crippen molar-refractivity contribution in [3.63, 3.8) is 0 Å². The third-order valence-corrected chi connectivity index (χ3v) is 6.97. The highest BCUT2D eigenvalue weighted by molar-refractivity contribution is 5.89. The van der Waals surface area contributed by atoms with E-state index in [1.54, 1.807) is 19.1 Å². The van der Waals surface area contributed by atoms with Gasteiger partial charge in [-0.3, -0.25) is 0 Å². The molecule has 0 radical (unpaired) electrons. The molecule has 136 valence electrons. The first-order valence-electron chi connectivity index (χ1n) is 9.81. The predicted molar refractivity (Wildman–Crippen MR) is 98.0 cm³/mol. The number of anilines is 1. The number of hydrogen-bond donors (Lipinski definition) is 2. The van der Waals surface area contributed by atoms with Crippen molar-refractivity contribution in [1.82, 2.24) is 5.32 Å². The number of nitrogens with one attached hydrogen (secondary N) is 2. The smallest absolute Gasteiger partial charge is 0.319 e. The Morgan fingerprint density at radius 3 is 2.32 bits per heavy atom. The van der Waals surface area contributed by atoms with Crippen molar-refractivity contribution in [3.05, 3.63) is 29.6 Å². The summed E-state index contributed by atoms with van der Waals surface area (Å²) in [6.07, 6.45) is 9.01. The number of benzene rings is 1. The van der Waals surface area contributed by atoms with Crippen molar-refractivity contribution >= 4 is 11.7 Å². The number of carbonyl (C=O) groups excluding carboxylic acids is 1. The summed E-state index contributed by atoms with van der Waals surface area (Å²) in [4.78, 5) is 12.5. The molecule has 0 heterocycles. The minimum absolute atomic E-state index is 0.203. The molecule has 4 aliphatic rings. The van der Waals surface area contributed by atoms with Gasteiger partial charge in [0, 0.05) is 11.7 Å². The lowest BCUT2D eigenvalue weighted by Gasteiger charge is -2.59. The number of carbonyl (C=O) groups is 1. The molecule has 5 rings (SSSR count). The first-order chi connectivity index (χ1) is 12.0. The zero-order valence-electron chi connectivity index (χ0n) is 15.3. The summed E-state index contributed by atoms with van der Waals surface area (Å²) >= 11 is 0. The fourth-order valence-corrected chi connectivity index (χ4v) is 6.29. The van der Waals surface area contributed by atoms with Gasteiger partial charge in [-0.25, -0.2) is 9.18 Å². The van der Waals surface area contributed by atoms with Gasteiger partial charge in [0.05, 0.1) is 0 Å². The lowest BCUT2D eigenvalue weighted by atomic mass is 9.47. The van der Waals surface area contributed by atoms with E-state index in [1.807, 2.05) is 0 Å². The van der Waals surface area contributed by atoms with E-state index in [2.05, 4.69) is 17.6 Å². The molecule has 4 heteroatoms. The van der Waals surface area contributed by atoms with Gasteiger partial charge in [0.2, 0.25) is 0 Å². The van der Waals surface area contributed by atoms with Crippen LogP contribution in [0.1, 0.15) is 57.4 Å². The summed E-state index contributed by atoms with van der Waals surface area (Å²) in [5, 5.41) is 6.05. The van der Waals surface area contributed by atoms with E-state index >= 15 is 0 Å². The Kier molecular flexibility index (Phi) is 4.25. The van der Waals surface area contributed by atoms with Gasteiger partial charge in [-0.15, -0.1) is 0 Å². The third-order valence-electron chi connectivity index (χ3n) is 6.97. The Morgan fingerprint density at radius 1 is 1.20 bits per heavy atom. The van der Waals surface area contributed by atoms with Crippen LogP contribution in [0.5, 0.6) is 0 Å². The zero-order valence-corrected chi connectivity index (χ0v) is 15.3. The van der Waals surface area contributed by atoms with Gasteiger partial charge >= 0.3 is 6.03 Å². The topological polar surface area (TPSA) is 41.1 Å². The van der Waals surface area contributed by atoms with Gasteiger partial charge in [-0.2, -0.15) is 0 Å². The number of hydrogen-bond acceptors (Lipinski definition) is 1. The molecule has 1 aromatic carbocycles. The summed E-state index contributed by atoms with van der Waals surface area (Å²) in [6.45, 7) is 3.90. The standard InChI is InChI=1S/C21H29FN2O/c1-3-19(21-10-14-6-15(11-21)8-16(7-14)12-21)24-20(25)23-17-5-4-13(2)18(22)9-17/h4-5,9,14-16,19H,3,6-8,10-12H2,1-2H3,(H2,23,24,25). The highest BCUT2D eigenvalue weighted by Crippen LogP contribution is 2.61. The molecule has 0 spiro atoms. The molecule has 0 aliphatic heterocycles. The van der Waals surface area contributed by atoms with Crippen molar-refractivity contribution in [2.75, 3.05) is 5.32 Å². The van der Waals surface area contributed by atoms with Crippen LogP contribution in [0.2, 0.25) is 0 Å². The Morgan fingerprint density at radius 2 is 1.80 bits per heavy atom. The zero-order chi connectivity index (χ0) is 17.6. The van der Waals surface area contributed by atoms with E-state index in [9.17, 15) is 9.18 Å². The first-order valence-corrected chi connectivity index (χ1v) is 9.81. The second kappa shape index (κ2) is 6.30. The van der Waals surface area contributed by atoms with Crippen molar-refractivity contribution < 1.29 is 9.18 Å². The number of urea groups is 1. The summed E-state index contributed by atoms with van der Waals surface area (Å²) in [7, 11) is 0. The van der Waals surface area contributed by atoms with Crippen LogP contribution in [0.4, 0.5) is 14.9 Å². The average molecular weight is 344 g/mol. The third kappa shape index (κ3) is 3.16. The highest BCUT2D eigenvalue weighted by Gasteiger charge is 2.54. The maximum atomic E-state index is 13.7. The molecule has 1 unspecified atom stereocenters. The molecule has 1 aromatic rings. The summed E-state index contributed by atoms with van der Waals surface area (Å²) < 4.78 is 13.7. The van der Waals surface area contributed by atoms with Gasteiger partial charge in [0.15, 0.2) is 0 Å². The molecular formula is C21H29FN2O. The predicted octanol–water partition coefficient (Wildman–Crippen LogP) is 5.25. The number of halogens is 1. The Hall–Kier alpha value is -1.58. The van der Waals surface area contributed by atoms with Crippen LogP contribution in [0.25, 0.3) is 0 Å². The monoisotopic (exact) mass is 344 g/mol. The van der Waals surface area contributed by atoms with Crippen LogP contribution < -0.4 is 10.6 Å². The molecule has 4 saturated carbocycles. The van der Waals surface area contributed by atoms with E-state index in [0.29, 0.717) is 16.7 Å². The second-order valence-corrected chi connectivity index (χ2v) is 8.80. The Labute approximate surface area is 149 Å². The van der Waals surface area contributed by atoms with Gasteiger partial charge in [0.1, 0.15) is 5.82 Å². The van der Waals surface area contributed by atoms with Crippen LogP contribution in [0.15, 0.2) is 18.2 Å². The van der Waals surface area contributed by atoms with Crippen LogP contribution in [-0.4, -0.2) is 12.1 Å². The van der Waals surface area contributed by atoms with Crippen molar-refractivity contribution in [2.45, 2.75) is 64.8 Å². The van der Waals surface area contributed by atoms with Crippen LogP contribution in [0, 0.1) is 35.9 Å². The lowest BCUT2D eigenvalue weighted by Crippen LogP contribution is -2.57. The Bertz CT molecular complexity index is 637. The average Bonchev–Trinajstić information content (AvgIpc) is 2.54. The molecule has 0 saturated heterocycles. The SMILES string of the molecule is CCC(NC(=O)Nc1ccc(C)c(F)c1)C12CC3CC(CC(C3)C1)C2. The minimum atomic E-state index is -0.286. The number of aryl methyl sites for hydroxylation is 1. The van der Waals surface area contributed by atoms with E-state index in [0.717, 1.165) is 24.2 Å². The maximum absolute atomic E-state index is 13.7. The van der Waals surface area contributed by atoms with Crippen molar-refractivity contribution in [2.24, 2.45) is 23.2 Å². The van der Waals surface area contributed by atoms with E-state index in [1.165, 1.54) is 44.6 Å². The van der Waals surface area contributed by atoms with Crippen molar-refractivity contribution in [3.8, 4) is 0 Å². The van der Waals surface area contributed by atoms with E-state index in [4.69, 9.17) is 0 Å². The summed E-state index contributed by atoms with van der Waals surface area (Å²) in [5.74, 6) is 2.33. The molecule has 4 bridgehead atoms. The number of rotatable bonds is 4. The molecule has 4 fully saturated rings. The number of amides is 2.